The highest BCUT2D eigenvalue weighted by molar-refractivity contribution is 7.77. The second-order valence-electron chi connectivity index (χ2n) is 6.63. The number of imidazole rings is 1. The van der Waals surface area contributed by atoms with E-state index in [9.17, 15) is 18.4 Å². The lowest BCUT2D eigenvalue weighted by molar-refractivity contribution is 0.0852. The van der Waals surface area contributed by atoms with Crippen LogP contribution < -0.4 is 5.32 Å². The molecule has 0 saturated heterocycles. The van der Waals surface area contributed by atoms with Crippen molar-refractivity contribution < 1.29 is 23.1 Å². The summed E-state index contributed by atoms with van der Waals surface area (Å²) in [6.45, 7) is 5.93. The van der Waals surface area contributed by atoms with Crippen LogP contribution in [0.15, 0.2) is 18.5 Å². The number of pyridine rings is 1. The zero-order valence-corrected chi connectivity index (χ0v) is 19.2. The molecule has 0 bridgehead atoms. The summed E-state index contributed by atoms with van der Waals surface area (Å²) >= 11 is 3.60. The number of amides is 2. The molecule has 0 spiro atoms. The fourth-order valence-corrected chi connectivity index (χ4v) is 3.48. The number of nitrogens with zero attached hydrogens (tertiary/aromatic N) is 4. The first-order valence-corrected chi connectivity index (χ1v) is 11.2. The normalized spacial score (nSPS) is 11.8. The van der Waals surface area contributed by atoms with Crippen molar-refractivity contribution in [2.75, 3.05) is 18.5 Å². The highest BCUT2D eigenvalue weighted by Gasteiger charge is 2.21. The van der Waals surface area contributed by atoms with Gasteiger partial charge in [0, 0.05) is 12.7 Å². The fourth-order valence-electron chi connectivity index (χ4n) is 2.75. The van der Waals surface area contributed by atoms with Gasteiger partial charge in [-0.15, -0.1) is 0 Å². The largest absolute Gasteiger partial charge is 0.755 e. The monoisotopic (exact) mass is 470 g/mol. The molecule has 2 aromatic rings. The fraction of sp³-hybridized carbons (Fsp3) is 0.474. The molecule has 2 rings (SSSR count). The number of ether oxygens (including phenoxy) is 1. The minimum Gasteiger partial charge on any atom is -0.755 e. The number of carbonyl (C=O) groups excluding carboxylic acids is 2. The zero-order chi connectivity index (χ0) is 23.0. The first kappa shape index (κ1) is 24.8. The summed E-state index contributed by atoms with van der Waals surface area (Å²) in [6, 6.07) is 1.54. The molecule has 170 valence electrons. The maximum Gasteiger partial charge on any atom is 0.411 e. The third-order valence-corrected chi connectivity index (χ3v) is 5.36. The molecule has 1 atom stereocenters. The summed E-state index contributed by atoms with van der Waals surface area (Å²) in [4.78, 5) is 32.6. The maximum atomic E-state index is 12.6. The van der Waals surface area contributed by atoms with Crippen LogP contribution in [0.5, 0.6) is 0 Å². The van der Waals surface area contributed by atoms with Crippen LogP contribution in [0.2, 0.25) is 5.02 Å². The van der Waals surface area contributed by atoms with Gasteiger partial charge in [0.15, 0.2) is 0 Å². The molecule has 0 aromatic carbocycles. The number of halogens is 1. The lowest BCUT2D eigenvalue weighted by atomic mass is 10.2. The molecule has 1 N–H and O–H groups in total. The van der Waals surface area contributed by atoms with E-state index in [-0.39, 0.29) is 25.4 Å². The molecule has 1 unspecified atom stereocenters. The number of aryl methyl sites for hydroxylation is 1. The molecule has 0 fully saturated rings. The van der Waals surface area contributed by atoms with E-state index in [0.717, 1.165) is 17.1 Å². The third kappa shape index (κ3) is 7.01. The summed E-state index contributed by atoms with van der Waals surface area (Å²) in [7, 11) is 0. The zero-order valence-electron chi connectivity index (χ0n) is 17.6. The standard InChI is InChI=1S/C19H26ClN5O5S/c1-4-6-7-8-25(31(28)29)18(26)17-12-24(13(3)22-17)11-16-15(20)9-14(10-21-16)23-19(27)30-5-2/h9-10,12H,4-8,11H2,1-3H3,(H,23,27)(H,28,29)/p-1. The molecule has 0 saturated carbocycles. The Morgan fingerprint density at radius 2 is 2.10 bits per heavy atom. The first-order valence-electron chi connectivity index (χ1n) is 9.80. The second-order valence-corrected chi connectivity index (χ2v) is 7.91. The molecule has 0 aliphatic carbocycles. The number of hydrogen-bond donors (Lipinski definition) is 1. The Morgan fingerprint density at radius 1 is 1.35 bits per heavy atom. The van der Waals surface area contributed by atoms with Crippen LogP contribution in [0.1, 0.15) is 55.1 Å². The summed E-state index contributed by atoms with van der Waals surface area (Å²) in [5, 5.41) is 2.82. The average molecular weight is 471 g/mol. The van der Waals surface area contributed by atoms with Crippen LogP contribution in [0.25, 0.3) is 0 Å². The highest BCUT2D eigenvalue weighted by Crippen LogP contribution is 2.20. The Hall–Kier alpha value is -2.50. The number of carbonyl (C=O) groups is 2. The van der Waals surface area contributed by atoms with Crippen LogP contribution in [0.4, 0.5) is 10.5 Å². The van der Waals surface area contributed by atoms with Gasteiger partial charge in [0.25, 0.3) is 5.91 Å². The van der Waals surface area contributed by atoms with Gasteiger partial charge in [-0.05, 0) is 26.3 Å². The van der Waals surface area contributed by atoms with E-state index in [1.807, 2.05) is 6.92 Å². The van der Waals surface area contributed by atoms with Crippen molar-refractivity contribution in [1.82, 2.24) is 18.8 Å². The van der Waals surface area contributed by atoms with Crippen molar-refractivity contribution in [3.05, 3.63) is 40.7 Å². The topological polar surface area (TPSA) is 129 Å². The SMILES string of the molecule is CCCCCN(C(=O)c1cn(Cc2ncc(NC(=O)OCC)cc2Cl)c(C)n1)S(=O)[O-]. The Bertz CT molecular complexity index is 952. The van der Waals surface area contributed by atoms with Gasteiger partial charge in [-0.3, -0.25) is 23.6 Å². The van der Waals surface area contributed by atoms with Gasteiger partial charge >= 0.3 is 6.09 Å². The molecule has 12 heteroatoms. The lowest BCUT2D eigenvalue weighted by Crippen LogP contribution is -2.33. The third-order valence-electron chi connectivity index (χ3n) is 4.33. The number of hydrogen-bond acceptors (Lipinski definition) is 7. The highest BCUT2D eigenvalue weighted by atomic mass is 35.5. The maximum absolute atomic E-state index is 12.6. The number of unbranched alkanes of at least 4 members (excludes halogenated alkanes) is 2. The molecular formula is C19H25ClN5O5S-. The molecule has 10 nitrogen and oxygen atoms in total. The van der Waals surface area contributed by atoms with Crippen molar-refractivity contribution >= 4 is 40.6 Å². The van der Waals surface area contributed by atoms with E-state index < -0.39 is 23.3 Å². The van der Waals surface area contributed by atoms with Crippen molar-refractivity contribution in [2.45, 2.75) is 46.6 Å². The van der Waals surface area contributed by atoms with Gasteiger partial charge in [-0.2, -0.15) is 0 Å². The lowest BCUT2D eigenvalue weighted by Gasteiger charge is -2.23. The van der Waals surface area contributed by atoms with E-state index in [1.165, 1.54) is 18.5 Å². The van der Waals surface area contributed by atoms with Crippen molar-refractivity contribution in [3.63, 3.8) is 0 Å². The van der Waals surface area contributed by atoms with Crippen LogP contribution in [-0.4, -0.2) is 52.8 Å². The van der Waals surface area contributed by atoms with E-state index >= 15 is 0 Å². The molecular weight excluding hydrogens is 446 g/mol. The van der Waals surface area contributed by atoms with Crippen molar-refractivity contribution in [2.24, 2.45) is 0 Å². The van der Waals surface area contributed by atoms with Gasteiger partial charge in [0.2, 0.25) is 0 Å². The smallest absolute Gasteiger partial charge is 0.411 e. The van der Waals surface area contributed by atoms with E-state index in [2.05, 4.69) is 15.3 Å². The van der Waals surface area contributed by atoms with Crippen LogP contribution in [-0.2, 0) is 22.5 Å². The summed E-state index contributed by atoms with van der Waals surface area (Å²) in [5.41, 5.74) is 0.892. The van der Waals surface area contributed by atoms with E-state index in [1.54, 1.807) is 18.4 Å². The summed E-state index contributed by atoms with van der Waals surface area (Å²) < 4.78 is 30.2. The Balaban J connectivity index is 2.14. The average Bonchev–Trinajstić information content (AvgIpc) is 3.07. The van der Waals surface area contributed by atoms with Gasteiger partial charge < -0.3 is 13.9 Å². The van der Waals surface area contributed by atoms with Gasteiger partial charge in [0.05, 0.1) is 47.0 Å². The Labute approximate surface area is 188 Å². The number of rotatable bonds is 10. The molecule has 2 amide bonds. The van der Waals surface area contributed by atoms with E-state index in [4.69, 9.17) is 16.3 Å². The minimum absolute atomic E-state index is 0.0231. The van der Waals surface area contributed by atoms with Crippen LogP contribution in [0.3, 0.4) is 0 Å². The molecule has 0 aliphatic rings. The number of nitrogens with one attached hydrogen (secondary N) is 1. The molecule has 2 heterocycles. The second kappa shape index (κ2) is 11.8. The van der Waals surface area contributed by atoms with Crippen molar-refractivity contribution in [1.29, 1.82) is 0 Å². The van der Waals surface area contributed by atoms with Crippen LogP contribution >= 0.6 is 11.6 Å². The van der Waals surface area contributed by atoms with Gasteiger partial charge in [-0.25, -0.2) is 9.78 Å². The predicted molar refractivity (Wildman–Crippen MR) is 115 cm³/mol. The Kier molecular flexibility index (Phi) is 9.41. The van der Waals surface area contributed by atoms with Crippen LogP contribution in [0, 0.1) is 6.92 Å². The number of anilines is 1. The minimum atomic E-state index is -2.68. The summed E-state index contributed by atoms with van der Waals surface area (Å²) in [6.07, 6.45) is 4.61. The molecule has 0 aliphatic heterocycles. The number of aromatic nitrogens is 3. The molecule has 2 aromatic heterocycles. The predicted octanol–water partition coefficient (Wildman–Crippen LogP) is 3.28. The van der Waals surface area contributed by atoms with E-state index in [0.29, 0.717) is 28.6 Å². The van der Waals surface area contributed by atoms with Gasteiger partial charge in [-0.1, -0.05) is 31.4 Å². The van der Waals surface area contributed by atoms with Crippen molar-refractivity contribution in [3.8, 4) is 0 Å². The first-order chi connectivity index (χ1) is 14.8. The summed E-state index contributed by atoms with van der Waals surface area (Å²) in [5.74, 6) is -0.181. The Morgan fingerprint density at radius 3 is 2.71 bits per heavy atom. The quantitative estimate of drug-likeness (QED) is 0.416. The molecule has 31 heavy (non-hydrogen) atoms. The van der Waals surface area contributed by atoms with Gasteiger partial charge in [0.1, 0.15) is 11.5 Å². The molecule has 0 radical (unpaired) electrons.